The van der Waals surface area contributed by atoms with Gasteiger partial charge in [-0.3, -0.25) is 4.31 Å². The van der Waals surface area contributed by atoms with E-state index in [1.807, 2.05) is 86.1 Å². The quantitative estimate of drug-likeness (QED) is 0.315. The molecule has 5 nitrogen and oxygen atoms in total. The van der Waals surface area contributed by atoms with Gasteiger partial charge in [0, 0.05) is 35.4 Å². The van der Waals surface area contributed by atoms with Crippen LogP contribution in [-0.2, 0) is 23.5 Å². The van der Waals surface area contributed by atoms with Gasteiger partial charge in [0.25, 0.3) is 10.0 Å². The first-order valence-corrected chi connectivity index (χ1v) is 12.4. The van der Waals surface area contributed by atoms with Crippen LogP contribution in [0.15, 0.2) is 88.4 Å². The standard InChI is InChI=1S/C27H26N2O3S/c1-19-12-14-22(15-13-19)33(30,31)29(17-16-21-18-32-26-11-7-5-9-24(21)26)27-20(2)23-8-4-6-10-25(23)28(27)3/h4-15,18H,16-17H2,1-3H3. The lowest BCUT2D eigenvalue weighted by Gasteiger charge is -2.26. The van der Waals surface area contributed by atoms with Gasteiger partial charge < -0.3 is 8.98 Å². The van der Waals surface area contributed by atoms with Gasteiger partial charge in [0.15, 0.2) is 0 Å². The third kappa shape index (κ3) is 3.60. The van der Waals surface area contributed by atoms with E-state index >= 15 is 0 Å². The molecule has 6 heteroatoms. The van der Waals surface area contributed by atoms with Gasteiger partial charge in [-0.2, -0.15) is 0 Å². The first-order chi connectivity index (χ1) is 15.9. The maximum absolute atomic E-state index is 13.9. The SMILES string of the molecule is Cc1ccc(S(=O)(=O)N(CCc2coc3ccccc23)c2c(C)c3ccccc3n2C)cc1. The molecule has 2 heterocycles. The summed E-state index contributed by atoms with van der Waals surface area (Å²) in [5, 5.41) is 2.06. The molecule has 0 bridgehead atoms. The lowest BCUT2D eigenvalue weighted by Crippen LogP contribution is -2.35. The van der Waals surface area contributed by atoms with Gasteiger partial charge in [-0.15, -0.1) is 0 Å². The Bertz CT molecular complexity index is 1520. The Morgan fingerprint density at radius 2 is 1.55 bits per heavy atom. The summed E-state index contributed by atoms with van der Waals surface area (Å²) in [5.41, 5.74) is 4.77. The highest BCUT2D eigenvalue weighted by molar-refractivity contribution is 7.92. The van der Waals surface area contributed by atoms with Crippen LogP contribution in [0.4, 0.5) is 5.82 Å². The van der Waals surface area contributed by atoms with E-state index in [-0.39, 0.29) is 4.90 Å². The molecule has 0 atom stereocenters. The van der Waals surface area contributed by atoms with Gasteiger partial charge >= 0.3 is 0 Å². The van der Waals surface area contributed by atoms with Crippen LogP contribution in [0, 0.1) is 13.8 Å². The number of aromatic nitrogens is 1. The number of aryl methyl sites for hydroxylation is 3. The third-order valence-corrected chi connectivity index (χ3v) is 8.12. The van der Waals surface area contributed by atoms with Gasteiger partial charge in [0.05, 0.1) is 11.2 Å². The minimum atomic E-state index is -3.79. The Balaban J connectivity index is 1.63. The maximum Gasteiger partial charge on any atom is 0.265 e. The highest BCUT2D eigenvalue weighted by atomic mass is 32.2. The molecule has 0 saturated carbocycles. The maximum atomic E-state index is 13.9. The Morgan fingerprint density at radius 3 is 2.27 bits per heavy atom. The average Bonchev–Trinajstić information content (AvgIpc) is 3.34. The molecule has 0 radical (unpaired) electrons. The van der Waals surface area contributed by atoms with Crippen molar-refractivity contribution in [3.63, 3.8) is 0 Å². The average molecular weight is 459 g/mol. The predicted molar refractivity (Wildman–Crippen MR) is 133 cm³/mol. The fraction of sp³-hybridized carbons (Fsp3) is 0.185. The minimum absolute atomic E-state index is 0.287. The van der Waals surface area contributed by atoms with E-state index in [0.29, 0.717) is 18.8 Å². The summed E-state index contributed by atoms with van der Waals surface area (Å²) in [5.74, 6) is 0.685. The molecule has 168 valence electrons. The van der Waals surface area contributed by atoms with E-state index in [0.717, 1.165) is 38.6 Å². The lowest BCUT2D eigenvalue weighted by atomic mass is 10.1. The second-order valence-corrected chi connectivity index (χ2v) is 10.3. The second kappa shape index (κ2) is 8.12. The molecule has 0 amide bonds. The molecule has 0 aliphatic rings. The van der Waals surface area contributed by atoms with E-state index in [4.69, 9.17) is 4.42 Å². The van der Waals surface area contributed by atoms with Gasteiger partial charge in [-0.05, 0) is 50.1 Å². The Kier molecular flexibility index (Phi) is 5.25. The van der Waals surface area contributed by atoms with Crippen molar-refractivity contribution in [1.29, 1.82) is 0 Å². The van der Waals surface area contributed by atoms with Crippen LogP contribution in [0.3, 0.4) is 0 Å². The number of anilines is 1. The molecular weight excluding hydrogens is 432 g/mol. The van der Waals surface area contributed by atoms with Crippen LogP contribution in [0.2, 0.25) is 0 Å². The molecular formula is C27H26N2O3S. The molecule has 0 aliphatic carbocycles. The summed E-state index contributed by atoms with van der Waals surface area (Å²) < 4.78 is 37.1. The zero-order chi connectivity index (χ0) is 23.2. The second-order valence-electron chi connectivity index (χ2n) is 8.42. The van der Waals surface area contributed by atoms with Crippen LogP contribution < -0.4 is 4.31 Å². The molecule has 0 N–H and O–H groups in total. The number of benzene rings is 3. The fourth-order valence-electron chi connectivity index (χ4n) is 4.55. The molecule has 0 aliphatic heterocycles. The molecule has 5 rings (SSSR count). The molecule has 33 heavy (non-hydrogen) atoms. The number of rotatable bonds is 6. The summed E-state index contributed by atoms with van der Waals surface area (Å²) in [4.78, 5) is 0.287. The summed E-state index contributed by atoms with van der Waals surface area (Å²) in [6.45, 7) is 4.24. The molecule has 3 aromatic carbocycles. The zero-order valence-electron chi connectivity index (χ0n) is 18.9. The Morgan fingerprint density at radius 1 is 0.879 bits per heavy atom. The van der Waals surface area contributed by atoms with Crippen molar-refractivity contribution < 1.29 is 12.8 Å². The van der Waals surface area contributed by atoms with Crippen molar-refractivity contribution in [2.75, 3.05) is 10.8 Å². The molecule has 0 unspecified atom stereocenters. The van der Waals surface area contributed by atoms with Crippen molar-refractivity contribution in [1.82, 2.24) is 4.57 Å². The summed E-state index contributed by atoms with van der Waals surface area (Å²) >= 11 is 0. The number of fused-ring (bicyclic) bond motifs is 2. The predicted octanol–water partition coefficient (Wildman–Crippen LogP) is 5.98. The van der Waals surface area contributed by atoms with Crippen molar-refractivity contribution >= 4 is 37.7 Å². The number of sulfonamides is 1. The summed E-state index contributed by atoms with van der Waals surface area (Å²) in [6, 6.07) is 22.9. The Labute approximate surface area is 193 Å². The lowest BCUT2D eigenvalue weighted by molar-refractivity contribution is 0.587. The number of nitrogens with zero attached hydrogens (tertiary/aromatic N) is 2. The first kappa shape index (κ1) is 21.3. The van der Waals surface area contributed by atoms with Crippen LogP contribution >= 0.6 is 0 Å². The van der Waals surface area contributed by atoms with Crippen LogP contribution in [-0.4, -0.2) is 19.5 Å². The van der Waals surface area contributed by atoms with Crippen molar-refractivity contribution in [3.05, 3.63) is 95.7 Å². The normalized spacial score (nSPS) is 12.0. The summed E-state index contributed by atoms with van der Waals surface area (Å²) in [7, 11) is -1.86. The van der Waals surface area contributed by atoms with E-state index in [1.54, 1.807) is 22.7 Å². The van der Waals surface area contributed by atoms with Crippen LogP contribution in [0.5, 0.6) is 0 Å². The van der Waals surface area contributed by atoms with Crippen molar-refractivity contribution in [2.45, 2.75) is 25.2 Å². The Hall–Kier alpha value is -3.51. The highest BCUT2D eigenvalue weighted by Crippen LogP contribution is 2.35. The molecule has 0 saturated heterocycles. The van der Waals surface area contributed by atoms with Crippen LogP contribution in [0.25, 0.3) is 21.9 Å². The van der Waals surface area contributed by atoms with Crippen molar-refractivity contribution in [2.24, 2.45) is 7.05 Å². The summed E-state index contributed by atoms with van der Waals surface area (Å²) in [6.07, 6.45) is 2.26. The minimum Gasteiger partial charge on any atom is -0.464 e. The number of furan rings is 1. The van der Waals surface area contributed by atoms with E-state index in [2.05, 4.69) is 0 Å². The van der Waals surface area contributed by atoms with Gasteiger partial charge in [-0.1, -0.05) is 54.1 Å². The zero-order valence-corrected chi connectivity index (χ0v) is 19.8. The van der Waals surface area contributed by atoms with E-state index in [1.165, 1.54) is 0 Å². The van der Waals surface area contributed by atoms with Crippen LogP contribution in [0.1, 0.15) is 16.7 Å². The van der Waals surface area contributed by atoms with E-state index < -0.39 is 10.0 Å². The molecule has 5 aromatic rings. The largest absolute Gasteiger partial charge is 0.464 e. The first-order valence-electron chi connectivity index (χ1n) is 11.0. The molecule has 0 spiro atoms. The van der Waals surface area contributed by atoms with E-state index in [9.17, 15) is 8.42 Å². The fourth-order valence-corrected chi connectivity index (χ4v) is 6.10. The number of hydrogen-bond donors (Lipinski definition) is 0. The topological polar surface area (TPSA) is 55.5 Å². The van der Waals surface area contributed by atoms with Crippen molar-refractivity contribution in [3.8, 4) is 0 Å². The number of hydrogen-bond acceptors (Lipinski definition) is 3. The molecule has 0 fully saturated rings. The number of para-hydroxylation sites is 2. The smallest absolute Gasteiger partial charge is 0.265 e. The van der Waals surface area contributed by atoms with Gasteiger partial charge in [0.1, 0.15) is 11.4 Å². The highest BCUT2D eigenvalue weighted by Gasteiger charge is 2.29. The molecule has 2 aromatic heterocycles. The monoisotopic (exact) mass is 458 g/mol. The van der Waals surface area contributed by atoms with Gasteiger partial charge in [-0.25, -0.2) is 8.42 Å². The third-order valence-electron chi connectivity index (χ3n) is 6.31. The van der Waals surface area contributed by atoms with Gasteiger partial charge in [0.2, 0.25) is 0 Å².